The molecular formula is C57H35N3S3. The van der Waals surface area contributed by atoms with Gasteiger partial charge in [-0.1, -0.05) is 182 Å². The van der Waals surface area contributed by atoms with Crippen LogP contribution in [0, 0.1) is 0 Å². The van der Waals surface area contributed by atoms with Gasteiger partial charge in [0.1, 0.15) is 0 Å². The molecule has 63 heavy (non-hydrogen) atoms. The van der Waals surface area contributed by atoms with Crippen molar-refractivity contribution in [3.63, 3.8) is 0 Å². The van der Waals surface area contributed by atoms with Gasteiger partial charge >= 0.3 is 0 Å². The van der Waals surface area contributed by atoms with Gasteiger partial charge in [-0.15, -0.1) is 34.0 Å². The van der Waals surface area contributed by atoms with Crippen molar-refractivity contribution >= 4 is 65.0 Å². The van der Waals surface area contributed by atoms with Gasteiger partial charge in [-0.3, -0.25) is 0 Å². The third kappa shape index (κ3) is 6.86. The number of benzene rings is 8. The van der Waals surface area contributed by atoms with E-state index < -0.39 is 0 Å². The Bertz CT molecular complexity index is 3460. The van der Waals surface area contributed by atoms with E-state index in [1.54, 1.807) is 0 Å². The van der Waals surface area contributed by atoms with Gasteiger partial charge in [0.25, 0.3) is 0 Å². The topological polar surface area (TPSA) is 38.7 Å². The van der Waals surface area contributed by atoms with Crippen molar-refractivity contribution in [2.24, 2.45) is 0 Å². The average Bonchev–Trinajstić information content (AvgIpc) is 4.12. The monoisotopic (exact) mass is 857 g/mol. The number of aromatic nitrogens is 3. The van der Waals surface area contributed by atoms with Gasteiger partial charge in [0.05, 0.1) is 0 Å². The lowest BCUT2D eigenvalue weighted by atomic mass is 9.93. The van der Waals surface area contributed by atoms with E-state index in [1.165, 1.54) is 79.0 Å². The number of hydrogen-bond acceptors (Lipinski definition) is 6. The molecule has 0 fully saturated rings. The zero-order valence-electron chi connectivity index (χ0n) is 33.8. The molecule has 0 N–H and O–H groups in total. The van der Waals surface area contributed by atoms with E-state index in [1.807, 2.05) is 94.7 Å². The highest BCUT2D eigenvalue weighted by atomic mass is 32.1. The minimum Gasteiger partial charge on any atom is -0.208 e. The first-order chi connectivity index (χ1) is 31.2. The lowest BCUT2D eigenvalue weighted by Crippen LogP contribution is -2.00. The van der Waals surface area contributed by atoms with Crippen LogP contribution in [-0.2, 0) is 0 Å². The van der Waals surface area contributed by atoms with E-state index in [0.29, 0.717) is 17.5 Å². The third-order valence-electron chi connectivity index (χ3n) is 11.6. The van der Waals surface area contributed by atoms with Crippen molar-refractivity contribution < 1.29 is 0 Å². The maximum absolute atomic E-state index is 5.06. The van der Waals surface area contributed by atoms with E-state index >= 15 is 0 Å². The summed E-state index contributed by atoms with van der Waals surface area (Å²) in [6.45, 7) is 0. The van der Waals surface area contributed by atoms with Crippen molar-refractivity contribution in [2.75, 3.05) is 0 Å². The van der Waals surface area contributed by atoms with Crippen molar-refractivity contribution in [2.45, 2.75) is 0 Å². The molecule has 0 radical (unpaired) electrons. The molecule has 0 aliphatic heterocycles. The third-order valence-corrected chi connectivity index (χ3v) is 15.1. The largest absolute Gasteiger partial charge is 0.208 e. The van der Waals surface area contributed by atoms with Gasteiger partial charge in [0.2, 0.25) is 0 Å². The van der Waals surface area contributed by atoms with Crippen LogP contribution in [0.3, 0.4) is 0 Å². The maximum atomic E-state index is 5.06. The molecule has 0 spiro atoms. The van der Waals surface area contributed by atoms with Crippen molar-refractivity contribution in [3.8, 4) is 87.7 Å². The Hall–Kier alpha value is -7.35. The Labute approximate surface area is 377 Å². The predicted molar refractivity (Wildman–Crippen MR) is 269 cm³/mol. The number of fused-ring (bicyclic) bond motifs is 3. The molecule has 12 aromatic rings. The molecule has 0 unspecified atom stereocenters. The van der Waals surface area contributed by atoms with E-state index in [4.69, 9.17) is 15.0 Å². The summed E-state index contributed by atoms with van der Waals surface area (Å²) in [7, 11) is 0. The van der Waals surface area contributed by atoms with Crippen LogP contribution in [0.5, 0.6) is 0 Å². The summed E-state index contributed by atoms with van der Waals surface area (Å²) in [5, 5.41) is 7.38. The molecule has 0 saturated carbocycles. The zero-order chi connectivity index (χ0) is 41.7. The predicted octanol–water partition coefficient (Wildman–Crippen LogP) is 16.9. The van der Waals surface area contributed by atoms with Gasteiger partial charge in [-0.2, -0.15) is 0 Å². The smallest absolute Gasteiger partial charge is 0.164 e. The summed E-state index contributed by atoms with van der Waals surface area (Å²) in [5.74, 6) is 1.95. The van der Waals surface area contributed by atoms with Gasteiger partial charge in [0, 0.05) is 68.0 Å². The lowest BCUT2D eigenvalue weighted by molar-refractivity contribution is 1.07. The number of rotatable bonds is 8. The minimum atomic E-state index is 0.644. The molecule has 0 saturated heterocycles. The van der Waals surface area contributed by atoms with Crippen LogP contribution < -0.4 is 0 Å². The molecule has 12 rings (SSSR count). The lowest BCUT2D eigenvalue weighted by Gasteiger charge is -2.12. The Kier molecular flexibility index (Phi) is 9.41. The highest BCUT2D eigenvalue weighted by Crippen LogP contribution is 2.52. The van der Waals surface area contributed by atoms with Crippen LogP contribution in [0.4, 0.5) is 0 Å². The number of hydrogen-bond donors (Lipinski definition) is 0. The van der Waals surface area contributed by atoms with Crippen LogP contribution in [0.2, 0.25) is 0 Å². The van der Waals surface area contributed by atoms with Crippen molar-refractivity contribution in [1.82, 2.24) is 15.0 Å². The fourth-order valence-corrected chi connectivity index (χ4v) is 12.1. The highest BCUT2D eigenvalue weighted by Gasteiger charge is 2.23. The Morgan fingerprint density at radius 3 is 1.22 bits per heavy atom. The van der Waals surface area contributed by atoms with Gasteiger partial charge in [0.15, 0.2) is 17.5 Å². The van der Waals surface area contributed by atoms with Crippen molar-refractivity contribution in [1.29, 1.82) is 0 Å². The summed E-state index contributed by atoms with van der Waals surface area (Å²) >= 11 is 5.57. The summed E-state index contributed by atoms with van der Waals surface area (Å²) in [4.78, 5) is 18.8. The van der Waals surface area contributed by atoms with Crippen LogP contribution in [-0.4, -0.2) is 15.0 Å². The first kappa shape index (κ1) is 37.4. The van der Waals surface area contributed by atoms with Crippen LogP contribution in [0.25, 0.3) is 119 Å². The molecule has 6 heteroatoms. The standard InChI is InChI=1S/C57H35N3S3/c1-5-17-36(18-6-1)50-46-33-48(40-26-15-28-42(31-40)52-45-30-14-13-25-44(45)35-61-52)62-53(46)51(37-19-7-2-8-20-37)47-34-49(63-54(47)50)41-27-16-29-43(32-41)57-59-55(38-21-9-3-10-22-38)58-56(60-57)39-23-11-4-12-24-39/h1-35H. The molecule has 0 aliphatic carbocycles. The molecule has 0 bridgehead atoms. The Morgan fingerprint density at radius 2 is 0.698 bits per heavy atom. The van der Waals surface area contributed by atoms with Crippen LogP contribution in [0.15, 0.2) is 212 Å². The minimum absolute atomic E-state index is 0.644. The zero-order valence-corrected chi connectivity index (χ0v) is 36.2. The first-order valence-electron chi connectivity index (χ1n) is 20.9. The van der Waals surface area contributed by atoms with Gasteiger partial charge in [-0.25, -0.2) is 15.0 Å². The molecule has 4 heterocycles. The second-order valence-corrected chi connectivity index (χ2v) is 18.5. The van der Waals surface area contributed by atoms with Gasteiger partial charge in [-0.05, 0) is 62.8 Å². The fraction of sp³-hybridized carbons (Fsp3) is 0. The molecule has 0 aliphatic rings. The average molecular weight is 858 g/mol. The van der Waals surface area contributed by atoms with E-state index in [9.17, 15) is 0 Å². The van der Waals surface area contributed by atoms with E-state index in [0.717, 1.165) is 22.3 Å². The van der Waals surface area contributed by atoms with E-state index in [-0.39, 0.29) is 0 Å². The van der Waals surface area contributed by atoms with Crippen LogP contribution >= 0.6 is 34.0 Å². The number of nitrogens with zero attached hydrogens (tertiary/aromatic N) is 3. The van der Waals surface area contributed by atoms with Gasteiger partial charge < -0.3 is 0 Å². The number of thiophene rings is 3. The maximum Gasteiger partial charge on any atom is 0.164 e. The van der Waals surface area contributed by atoms with E-state index in [2.05, 4.69) is 151 Å². The summed E-state index contributed by atoms with van der Waals surface area (Å²) in [5.41, 5.74) is 11.4. The molecule has 8 aromatic carbocycles. The molecule has 0 atom stereocenters. The second kappa shape index (κ2) is 15.8. The van der Waals surface area contributed by atoms with Crippen molar-refractivity contribution in [3.05, 3.63) is 212 Å². The quantitative estimate of drug-likeness (QED) is 0.153. The normalized spacial score (nSPS) is 11.5. The first-order valence-corrected chi connectivity index (χ1v) is 23.4. The highest BCUT2D eigenvalue weighted by molar-refractivity contribution is 7.25. The molecule has 4 aromatic heterocycles. The molecule has 0 amide bonds. The summed E-state index contributed by atoms with van der Waals surface area (Å²) < 4.78 is 2.56. The second-order valence-electron chi connectivity index (χ2n) is 15.5. The Balaban J connectivity index is 1.04. The fourth-order valence-electron chi connectivity index (χ4n) is 8.62. The SMILES string of the molecule is c1ccc(-c2nc(-c3ccccc3)nc(-c3cccc(-c4cc5c(-c6ccccc6)c6sc(-c7cccc(-c8scc9ccccc89)c7)cc6c(-c6ccccc6)c5s4)c3)n2)cc1. The summed E-state index contributed by atoms with van der Waals surface area (Å²) in [6.07, 6.45) is 0. The Morgan fingerprint density at radius 1 is 0.302 bits per heavy atom. The molecule has 3 nitrogen and oxygen atoms in total. The summed E-state index contributed by atoms with van der Waals surface area (Å²) in [6, 6.07) is 73.5. The molecular weight excluding hydrogens is 823 g/mol. The molecule has 296 valence electrons. The van der Waals surface area contributed by atoms with Crippen LogP contribution in [0.1, 0.15) is 0 Å².